The van der Waals surface area contributed by atoms with Gasteiger partial charge in [0, 0.05) is 18.5 Å². The first kappa shape index (κ1) is 15.0. The molecule has 0 unspecified atom stereocenters. The fraction of sp³-hybridized carbons (Fsp3) is 0.429. The molecule has 0 aliphatic heterocycles. The molecule has 0 saturated carbocycles. The molecule has 0 bridgehead atoms. The van der Waals surface area contributed by atoms with E-state index in [1.54, 1.807) is 7.11 Å². The summed E-state index contributed by atoms with van der Waals surface area (Å²) >= 11 is 0. The highest BCUT2D eigenvalue weighted by Gasteiger charge is 2.08. The molecule has 0 fully saturated rings. The van der Waals surface area contributed by atoms with Crippen molar-refractivity contribution in [1.29, 1.82) is 0 Å². The number of carboxylic acid groups (broad SMARTS) is 1. The smallest absolute Gasteiger partial charge is 0.303 e. The van der Waals surface area contributed by atoms with E-state index in [1.165, 1.54) is 0 Å². The molecule has 0 saturated heterocycles. The Morgan fingerprint density at radius 3 is 2.74 bits per heavy atom. The lowest BCUT2D eigenvalue weighted by Gasteiger charge is -2.09. The molecule has 104 valence electrons. The van der Waals surface area contributed by atoms with Gasteiger partial charge in [-0.15, -0.1) is 0 Å². The molecule has 2 N–H and O–H groups in total. The number of rotatable bonds is 7. The summed E-state index contributed by atoms with van der Waals surface area (Å²) in [5.74, 6) is -0.289. The molecule has 0 aliphatic rings. The average Bonchev–Trinajstić information content (AvgIpc) is 2.36. The maximum absolute atomic E-state index is 11.7. The molecular formula is C14H19NO4. The molecule has 0 heterocycles. The highest BCUT2D eigenvalue weighted by Crippen LogP contribution is 2.20. The van der Waals surface area contributed by atoms with E-state index in [0.29, 0.717) is 18.7 Å². The summed E-state index contributed by atoms with van der Waals surface area (Å²) in [6.07, 6.45) is 0.733. The summed E-state index contributed by atoms with van der Waals surface area (Å²) in [6.45, 7) is 2.33. The van der Waals surface area contributed by atoms with E-state index >= 15 is 0 Å². The number of benzene rings is 1. The summed E-state index contributed by atoms with van der Waals surface area (Å²) in [6, 6.07) is 5.67. The molecule has 5 nitrogen and oxygen atoms in total. The van der Waals surface area contributed by atoms with Crippen molar-refractivity contribution in [1.82, 2.24) is 5.32 Å². The third-order valence-corrected chi connectivity index (χ3v) is 2.68. The summed E-state index contributed by atoms with van der Waals surface area (Å²) in [7, 11) is 1.57. The number of hydrogen-bond donors (Lipinski definition) is 2. The highest BCUT2D eigenvalue weighted by atomic mass is 16.5. The van der Waals surface area contributed by atoms with Gasteiger partial charge in [-0.25, -0.2) is 0 Å². The average molecular weight is 265 g/mol. The van der Waals surface area contributed by atoms with Gasteiger partial charge in [0.1, 0.15) is 5.75 Å². The van der Waals surface area contributed by atoms with E-state index in [1.807, 2.05) is 25.1 Å². The topological polar surface area (TPSA) is 75.6 Å². The zero-order valence-corrected chi connectivity index (χ0v) is 11.2. The van der Waals surface area contributed by atoms with Gasteiger partial charge in [-0.2, -0.15) is 0 Å². The lowest BCUT2D eigenvalue weighted by atomic mass is 10.1. The molecule has 0 atom stereocenters. The summed E-state index contributed by atoms with van der Waals surface area (Å²) < 4.78 is 5.23. The number of carbonyl (C=O) groups is 2. The van der Waals surface area contributed by atoms with Gasteiger partial charge in [-0.05, 0) is 25.0 Å². The zero-order valence-electron chi connectivity index (χ0n) is 11.2. The molecule has 5 heteroatoms. The van der Waals surface area contributed by atoms with Crippen molar-refractivity contribution in [3.8, 4) is 5.75 Å². The van der Waals surface area contributed by atoms with E-state index in [2.05, 4.69) is 5.32 Å². The standard InChI is InChI=1S/C14H19NO4/c1-10-5-6-11(12(8-10)19-2)9-13(16)15-7-3-4-14(17)18/h5-6,8H,3-4,7,9H2,1-2H3,(H,15,16)(H,17,18). The molecule has 19 heavy (non-hydrogen) atoms. The first-order chi connectivity index (χ1) is 9.02. The third-order valence-electron chi connectivity index (χ3n) is 2.68. The second-order valence-electron chi connectivity index (χ2n) is 4.34. The van der Waals surface area contributed by atoms with Gasteiger partial charge >= 0.3 is 5.97 Å². The number of aryl methyl sites for hydroxylation is 1. The van der Waals surface area contributed by atoms with E-state index in [4.69, 9.17) is 9.84 Å². The van der Waals surface area contributed by atoms with Crippen molar-refractivity contribution in [3.63, 3.8) is 0 Å². The number of nitrogens with one attached hydrogen (secondary N) is 1. The Balaban J connectivity index is 2.46. The van der Waals surface area contributed by atoms with Crippen molar-refractivity contribution >= 4 is 11.9 Å². The van der Waals surface area contributed by atoms with Crippen LogP contribution in [0.4, 0.5) is 0 Å². The number of hydrogen-bond acceptors (Lipinski definition) is 3. The fourth-order valence-electron chi connectivity index (χ4n) is 1.70. The highest BCUT2D eigenvalue weighted by molar-refractivity contribution is 5.79. The first-order valence-electron chi connectivity index (χ1n) is 6.15. The minimum absolute atomic E-state index is 0.0636. The quantitative estimate of drug-likeness (QED) is 0.733. The summed E-state index contributed by atoms with van der Waals surface area (Å²) in [4.78, 5) is 22.0. The number of carboxylic acids is 1. The van der Waals surface area contributed by atoms with Gasteiger partial charge in [0.15, 0.2) is 0 Å². The minimum Gasteiger partial charge on any atom is -0.496 e. The summed E-state index contributed by atoms with van der Waals surface area (Å²) in [5, 5.41) is 11.2. The van der Waals surface area contributed by atoms with Crippen LogP contribution in [0.15, 0.2) is 18.2 Å². The molecule has 1 aromatic carbocycles. The third kappa shape index (κ3) is 5.42. The van der Waals surface area contributed by atoms with Crippen LogP contribution in [-0.2, 0) is 16.0 Å². The van der Waals surface area contributed by atoms with Crippen molar-refractivity contribution in [2.24, 2.45) is 0 Å². The molecule has 1 amide bonds. The summed E-state index contributed by atoms with van der Waals surface area (Å²) in [5.41, 5.74) is 1.89. The van der Waals surface area contributed by atoms with E-state index in [9.17, 15) is 9.59 Å². The predicted octanol–water partition coefficient (Wildman–Crippen LogP) is 1.53. The van der Waals surface area contributed by atoms with Gasteiger partial charge < -0.3 is 15.2 Å². The Labute approximate surface area is 112 Å². The van der Waals surface area contributed by atoms with Crippen LogP contribution in [0.5, 0.6) is 5.75 Å². The van der Waals surface area contributed by atoms with Crippen molar-refractivity contribution in [3.05, 3.63) is 29.3 Å². The molecular weight excluding hydrogens is 246 g/mol. The molecule has 0 radical (unpaired) electrons. The molecule has 1 aromatic rings. The number of methoxy groups -OCH3 is 1. The number of ether oxygens (including phenoxy) is 1. The fourth-order valence-corrected chi connectivity index (χ4v) is 1.70. The minimum atomic E-state index is -0.852. The van der Waals surface area contributed by atoms with Gasteiger partial charge in [0.25, 0.3) is 0 Å². The van der Waals surface area contributed by atoms with Crippen LogP contribution < -0.4 is 10.1 Å². The Kier molecular flexibility index (Phi) is 5.85. The van der Waals surface area contributed by atoms with Gasteiger partial charge in [-0.3, -0.25) is 9.59 Å². The van der Waals surface area contributed by atoms with E-state index in [-0.39, 0.29) is 18.7 Å². The van der Waals surface area contributed by atoms with Crippen LogP contribution in [0, 0.1) is 6.92 Å². The van der Waals surface area contributed by atoms with E-state index < -0.39 is 5.97 Å². The van der Waals surface area contributed by atoms with Gasteiger partial charge in [0.2, 0.25) is 5.91 Å². The van der Waals surface area contributed by atoms with Crippen LogP contribution in [-0.4, -0.2) is 30.6 Å². The van der Waals surface area contributed by atoms with E-state index in [0.717, 1.165) is 11.1 Å². The van der Waals surface area contributed by atoms with Crippen molar-refractivity contribution in [2.75, 3.05) is 13.7 Å². The second-order valence-corrected chi connectivity index (χ2v) is 4.34. The zero-order chi connectivity index (χ0) is 14.3. The second kappa shape index (κ2) is 7.41. The Hall–Kier alpha value is -2.04. The largest absolute Gasteiger partial charge is 0.496 e. The number of amides is 1. The van der Waals surface area contributed by atoms with Crippen LogP contribution in [0.1, 0.15) is 24.0 Å². The normalized spacial score (nSPS) is 10.0. The molecule has 1 rings (SSSR count). The van der Waals surface area contributed by atoms with Crippen LogP contribution >= 0.6 is 0 Å². The monoisotopic (exact) mass is 265 g/mol. The Bertz CT molecular complexity index is 457. The predicted molar refractivity (Wildman–Crippen MR) is 71.3 cm³/mol. The lowest BCUT2D eigenvalue weighted by Crippen LogP contribution is -2.26. The van der Waals surface area contributed by atoms with Crippen LogP contribution in [0.3, 0.4) is 0 Å². The van der Waals surface area contributed by atoms with Gasteiger partial charge in [-0.1, -0.05) is 12.1 Å². The molecule has 0 aromatic heterocycles. The lowest BCUT2D eigenvalue weighted by molar-refractivity contribution is -0.137. The van der Waals surface area contributed by atoms with Crippen molar-refractivity contribution in [2.45, 2.75) is 26.2 Å². The van der Waals surface area contributed by atoms with Crippen LogP contribution in [0.25, 0.3) is 0 Å². The maximum Gasteiger partial charge on any atom is 0.303 e. The van der Waals surface area contributed by atoms with Gasteiger partial charge in [0.05, 0.1) is 13.5 Å². The number of carbonyl (C=O) groups excluding carboxylic acids is 1. The van der Waals surface area contributed by atoms with Crippen molar-refractivity contribution < 1.29 is 19.4 Å². The Morgan fingerprint density at radius 1 is 1.37 bits per heavy atom. The first-order valence-corrected chi connectivity index (χ1v) is 6.15. The SMILES string of the molecule is COc1cc(C)ccc1CC(=O)NCCCC(=O)O. The maximum atomic E-state index is 11.7. The molecule has 0 aliphatic carbocycles. The number of aliphatic carboxylic acids is 1. The Morgan fingerprint density at radius 2 is 2.11 bits per heavy atom. The van der Waals surface area contributed by atoms with Crippen LogP contribution in [0.2, 0.25) is 0 Å². The molecule has 0 spiro atoms.